The van der Waals surface area contributed by atoms with E-state index in [4.69, 9.17) is 28.9 Å². The number of Topliss-reactive ketones (excluding diaryl/α,β-unsaturated/α-hetero) is 1. The highest BCUT2D eigenvalue weighted by Crippen LogP contribution is 2.50. The van der Waals surface area contributed by atoms with Crippen LogP contribution in [0.15, 0.2) is 75.5 Å². The highest BCUT2D eigenvalue weighted by molar-refractivity contribution is 8.01. The summed E-state index contributed by atoms with van der Waals surface area (Å²) in [5.41, 5.74) is 9.23. The van der Waals surface area contributed by atoms with Crippen LogP contribution in [0.2, 0.25) is 10.0 Å². The van der Waals surface area contributed by atoms with E-state index in [-0.39, 0.29) is 34.3 Å². The molecule has 12 heteroatoms. The van der Waals surface area contributed by atoms with E-state index in [1.165, 1.54) is 23.1 Å². The summed E-state index contributed by atoms with van der Waals surface area (Å²) in [5, 5.41) is 23.1. The molecule has 5 rings (SSSR count). The summed E-state index contributed by atoms with van der Waals surface area (Å²) in [6, 6.07) is 16.3. The molecule has 0 saturated carbocycles. The Balaban J connectivity index is 1.46. The normalized spacial score (nSPS) is 18.4. The molecule has 3 aromatic rings. The Bertz CT molecular complexity index is 1610. The average Bonchev–Trinajstić information content (AvgIpc) is 3.35. The number of nitrogens with one attached hydrogen (secondary N) is 1. The Morgan fingerprint density at radius 1 is 1.20 bits per heavy atom. The number of thioether (sulfide) groups is 1. The number of nitrogens with two attached hydrogens (primary N) is 1. The molecule has 0 spiro atoms. The van der Waals surface area contributed by atoms with Crippen LogP contribution in [-0.2, 0) is 9.59 Å². The van der Waals surface area contributed by atoms with E-state index in [1.54, 1.807) is 41.3 Å². The number of anilines is 2. The van der Waals surface area contributed by atoms with Gasteiger partial charge in [-0.05, 0) is 47.7 Å². The molecule has 2 aliphatic rings. The maximum atomic E-state index is 13.6. The van der Waals surface area contributed by atoms with Crippen LogP contribution in [0.25, 0.3) is 0 Å². The van der Waals surface area contributed by atoms with Gasteiger partial charge < -0.3 is 11.1 Å². The van der Waals surface area contributed by atoms with Gasteiger partial charge in [0.15, 0.2) is 10.1 Å². The van der Waals surface area contributed by atoms with Crippen molar-refractivity contribution in [1.29, 1.82) is 5.26 Å². The third kappa shape index (κ3) is 5.74. The molecule has 0 saturated heterocycles. The maximum Gasteiger partial charge on any atom is 0.234 e. The van der Waals surface area contributed by atoms with Gasteiger partial charge in [0.25, 0.3) is 0 Å². The quantitative estimate of drug-likeness (QED) is 0.302. The number of aromatic nitrogens is 2. The smallest absolute Gasteiger partial charge is 0.234 e. The fourth-order valence-electron chi connectivity index (χ4n) is 4.96. The molecule has 1 unspecified atom stereocenters. The second-order valence-electron chi connectivity index (χ2n) is 10.2. The molecule has 40 heavy (non-hydrogen) atoms. The zero-order chi connectivity index (χ0) is 28.6. The van der Waals surface area contributed by atoms with Crippen molar-refractivity contribution in [3.05, 3.63) is 86.8 Å². The van der Waals surface area contributed by atoms with E-state index in [9.17, 15) is 14.9 Å². The molecule has 0 bridgehead atoms. The average molecular weight is 612 g/mol. The lowest BCUT2D eigenvalue weighted by molar-refractivity contribution is -0.118. The Labute approximate surface area is 249 Å². The molecule has 2 heterocycles. The Morgan fingerprint density at radius 2 is 1.95 bits per heavy atom. The standard InChI is InChI=1S/C28H24Cl2N6O2S2/c1-28(2)11-20-24(21(37)12-28)23(15-6-8-16(29)9-7-15)19(13-31)25(32)36(20)26-34-35-27(40-26)39-14-22(38)33-18-5-3-4-17(30)10-18/h3-10,23H,11-12,14,32H2,1-2H3,(H,33,38). The summed E-state index contributed by atoms with van der Waals surface area (Å²) in [4.78, 5) is 27.8. The predicted octanol–water partition coefficient (Wildman–Crippen LogP) is 6.52. The number of allylic oxidation sites excluding steroid dienone is 3. The maximum absolute atomic E-state index is 13.6. The zero-order valence-corrected chi connectivity index (χ0v) is 24.7. The minimum atomic E-state index is -0.603. The highest BCUT2D eigenvalue weighted by atomic mass is 35.5. The van der Waals surface area contributed by atoms with Gasteiger partial charge in [-0.15, -0.1) is 10.2 Å². The van der Waals surface area contributed by atoms with E-state index >= 15 is 0 Å². The molecule has 3 N–H and O–H groups in total. The van der Waals surface area contributed by atoms with Crippen molar-refractivity contribution in [3.63, 3.8) is 0 Å². The molecule has 204 valence electrons. The minimum Gasteiger partial charge on any atom is -0.384 e. The number of nitrogens with zero attached hydrogens (tertiary/aromatic N) is 4. The first-order valence-electron chi connectivity index (χ1n) is 12.3. The van der Waals surface area contributed by atoms with Crippen molar-refractivity contribution >= 4 is 68.8 Å². The van der Waals surface area contributed by atoms with E-state index in [2.05, 4.69) is 21.6 Å². The van der Waals surface area contributed by atoms with Crippen LogP contribution in [0.4, 0.5) is 10.8 Å². The second kappa shape index (κ2) is 11.3. The molecule has 1 amide bonds. The number of carbonyl (C=O) groups is 2. The van der Waals surface area contributed by atoms with Crippen LogP contribution in [-0.4, -0.2) is 27.6 Å². The van der Waals surface area contributed by atoms with Crippen molar-refractivity contribution in [2.75, 3.05) is 16.0 Å². The van der Waals surface area contributed by atoms with Gasteiger partial charge in [-0.2, -0.15) is 5.26 Å². The van der Waals surface area contributed by atoms with Crippen LogP contribution in [0.3, 0.4) is 0 Å². The van der Waals surface area contributed by atoms with Crippen LogP contribution in [0, 0.1) is 16.7 Å². The van der Waals surface area contributed by atoms with Crippen LogP contribution >= 0.6 is 46.3 Å². The van der Waals surface area contributed by atoms with Crippen LogP contribution < -0.4 is 16.0 Å². The summed E-state index contributed by atoms with van der Waals surface area (Å²) in [5.74, 6) is -0.544. The number of halogens is 2. The first kappa shape index (κ1) is 28.2. The van der Waals surface area contributed by atoms with Crippen LogP contribution in [0.5, 0.6) is 0 Å². The summed E-state index contributed by atoms with van der Waals surface area (Å²) in [6.45, 7) is 4.06. The molecule has 1 atom stereocenters. The molecule has 1 aromatic heterocycles. The zero-order valence-electron chi connectivity index (χ0n) is 21.6. The monoisotopic (exact) mass is 610 g/mol. The first-order chi connectivity index (χ1) is 19.1. The number of benzene rings is 2. The summed E-state index contributed by atoms with van der Waals surface area (Å²) < 4.78 is 0.547. The van der Waals surface area contributed by atoms with Crippen molar-refractivity contribution in [2.24, 2.45) is 11.1 Å². The Morgan fingerprint density at radius 3 is 2.65 bits per heavy atom. The molecule has 2 aromatic carbocycles. The van der Waals surface area contributed by atoms with Gasteiger partial charge in [0.1, 0.15) is 5.82 Å². The number of rotatable bonds is 6. The van der Waals surface area contributed by atoms with Gasteiger partial charge >= 0.3 is 0 Å². The third-order valence-corrected chi connectivity index (χ3v) is 9.14. The summed E-state index contributed by atoms with van der Waals surface area (Å²) in [7, 11) is 0. The highest BCUT2D eigenvalue weighted by Gasteiger charge is 2.45. The molecule has 1 aliphatic carbocycles. The second-order valence-corrected chi connectivity index (χ2v) is 13.3. The number of carbonyl (C=O) groups excluding carboxylic acids is 2. The number of hydrogen-bond acceptors (Lipinski definition) is 9. The molecular formula is C28H24Cl2N6O2S2. The summed E-state index contributed by atoms with van der Waals surface area (Å²) >= 11 is 14.6. The summed E-state index contributed by atoms with van der Waals surface area (Å²) in [6.07, 6.45) is 0.906. The molecule has 0 radical (unpaired) electrons. The topological polar surface area (TPSA) is 125 Å². The number of hydrogen-bond donors (Lipinski definition) is 2. The predicted molar refractivity (Wildman–Crippen MR) is 159 cm³/mol. The van der Waals surface area contributed by atoms with E-state index in [1.807, 2.05) is 26.0 Å². The van der Waals surface area contributed by atoms with E-state index < -0.39 is 5.92 Å². The fourth-order valence-corrected chi connectivity index (χ4v) is 6.95. The van der Waals surface area contributed by atoms with E-state index in [0.717, 1.165) is 5.56 Å². The Kier molecular flexibility index (Phi) is 7.93. The molecule has 8 nitrogen and oxygen atoms in total. The first-order valence-corrected chi connectivity index (χ1v) is 14.9. The lowest BCUT2D eigenvalue weighted by atomic mass is 9.69. The fraction of sp³-hybridized carbons (Fsp3) is 0.250. The molecule has 1 aliphatic heterocycles. The van der Waals surface area contributed by atoms with Crippen molar-refractivity contribution < 1.29 is 9.59 Å². The number of nitriles is 1. The molecule has 0 fully saturated rings. The van der Waals surface area contributed by atoms with Gasteiger partial charge in [0, 0.05) is 33.4 Å². The van der Waals surface area contributed by atoms with Crippen LogP contribution in [0.1, 0.15) is 38.2 Å². The molecular weight excluding hydrogens is 587 g/mol. The number of amides is 1. The number of ketones is 1. The van der Waals surface area contributed by atoms with Crippen molar-refractivity contribution in [3.8, 4) is 6.07 Å². The van der Waals surface area contributed by atoms with Gasteiger partial charge in [-0.3, -0.25) is 14.5 Å². The Hall–Kier alpha value is -3.36. The largest absolute Gasteiger partial charge is 0.384 e. The third-order valence-electron chi connectivity index (χ3n) is 6.61. The van der Waals surface area contributed by atoms with Gasteiger partial charge in [0.2, 0.25) is 11.0 Å². The SMILES string of the molecule is CC1(C)CC(=O)C2=C(C1)N(c1nnc(SCC(=O)Nc3cccc(Cl)c3)s1)C(N)=C(C#N)C2c1ccc(Cl)cc1. The van der Waals surface area contributed by atoms with Gasteiger partial charge in [-0.1, -0.05) is 78.3 Å². The van der Waals surface area contributed by atoms with E-state index in [0.29, 0.717) is 49.3 Å². The van der Waals surface area contributed by atoms with Gasteiger partial charge in [-0.25, -0.2) is 0 Å². The van der Waals surface area contributed by atoms with Crippen molar-refractivity contribution in [1.82, 2.24) is 10.2 Å². The minimum absolute atomic E-state index is 0.0340. The van der Waals surface area contributed by atoms with Gasteiger partial charge in [0.05, 0.1) is 23.3 Å². The van der Waals surface area contributed by atoms with Crippen molar-refractivity contribution in [2.45, 2.75) is 36.9 Å². The lowest BCUT2D eigenvalue weighted by Crippen LogP contribution is -2.42. The lowest BCUT2D eigenvalue weighted by Gasteiger charge is -2.42.